The van der Waals surface area contributed by atoms with Gasteiger partial charge in [0.15, 0.2) is 0 Å². The second-order valence-electron chi connectivity index (χ2n) is 16.6. The van der Waals surface area contributed by atoms with E-state index in [1.807, 2.05) is 0 Å². The van der Waals surface area contributed by atoms with Gasteiger partial charge in [0.2, 0.25) is 0 Å². The first-order valence-corrected chi connectivity index (χ1v) is 21.0. The highest BCUT2D eigenvalue weighted by molar-refractivity contribution is 5.79. The Bertz CT molecular complexity index is 2440. The molecule has 6 aliphatic carbocycles. The number of allylic oxidation sites excluding steroid dienone is 14. The second-order valence-corrected chi connectivity index (χ2v) is 16.6. The predicted octanol–water partition coefficient (Wildman–Crippen LogP) is 12.5. The van der Waals surface area contributed by atoms with E-state index in [9.17, 15) is 0 Å². The summed E-state index contributed by atoms with van der Waals surface area (Å²) in [6.07, 6.45) is 45.3. The maximum atomic E-state index is 2.76. The molecule has 7 unspecified atom stereocenters. The molecule has 1 heterocycles. The standard InChI is InChI=1S/C55H48N2/c1-5-17-41(18-6-1)55(42-19-7-2-8-20-42)51-27-15-13-25-47(51)48-35-34-46(38-52(48)55)56(43-21-9-3-10-22-43)45-32-29-39(30-33-45)40-31-36-54-50(37-40)49-26-14-16-28-53(49)57(54)44-23-11-4-12-24-44/h1-9,11-21,23,25-38,44,47,49-51,53-54H,10,22,24H2. The first kappa shape index (κ1) is 34.3. The molecule has 1 fully saturated rings. The summed E-state index contributed by atoms with van der Waals surface area (Å²) in [6.45, 7) is 0. The first-order chi connectivity index (χ1) is 28.3. The molecule has 4 aromatic rings. The molecular formula is C55H48N2. The fourth-order valence-electron chi connectivity index (χ4n) is 11.4. The quantitative estimate of drug-likeness (QED) is 0.186. The highest BCUT2D eigenvalue weighted by Crippen LogP contribution is 2.60. The molecule has 0 bridgehead atoms. The van der Waals surface area contributed by atoms with Crippen molar-refractivity contribution in [3.63, 3.8) is 0 Å². The molecule has 0 N–H and O–H groups in total. The van der Waals surface area contributed by atoms with E-state index in [4.69, 9.17) is 0 Å². The number of likely N-dealkylation sites (tertiary alicyclic amines) is 1. The highest BCUT2D eigenvalue weighted by Gasteiger charge is 2.53. The fourth-order valence-corrected chi connectivity index (χ4v) is 11.4. The molecule has 11 rings (SSSR count). The van der Waals surface area contributed by atoms with Crippen LogP contribution < -0.4 is 4.90 Å². The molecule has 4 aromatic carbocycles. The lowest BCUT2D eigenvalue weighted by molar-refractivity contribution is 0.193. The van der Waals surface area contributed by atoms with Gasteiger partial charge in [0.05, 0.1) is 5.41 Å². The molecule has 278 valence electrons. The molecule has 1 aliphatic heterocycles. The van der Waals surface area contributed by atoms with Crippen molar-refractivity contribution >= 4 is 16.9 Å². The van der Waals surface area contributed by atoms with Crippen molar-refractivity contribution in [1.29, 1.82) is 0 Å². The van der Waals surface area contributed by atoms with Crippen LogP contribution in [0.2, 0.25) is 0 Å². The lowest BCUT2D eigenvalue weighted by atomic mass is 9.63. The van der Waals surface area contributed by atoms with Crippen molar-refractivity contribution in [2.24, 2.45) is 17.8 Å². The summed E-state index contributed by atoms with van der Waals surface area (Å²) in [4.78, 5) is 5.28. The van der Waals surface area contributed by atoms with Gasteiger partial charge < -0.3 is 4.90 Å². The molecule has 7 aliphatic rings. The summed E-state index contributed by atoms with van der Waals surface area (Å²) < 4.78 is 0. The number of rotatable bonds is 7. The number of fused-ring (bicyclic) bond motifs is 6. The predicted molar refractivity (Wildman–Crippen MR) is 237 cm³/mol. The first-order valence-electron chi connectivity index (χ1n) is 21.0. The third kappa shape index (κ3) is 5.57. The normalized spacial score (nSPS) is 28.4. The van der Waals surface area contributed by atoms with E-state index in [0.717, 1.165) is 19.3 Å². The van der Waals surface area contributed by atoms with Gasteiger partial charge in [0, 0.05) is 58.9 Å². The zero-order valence-electron chi connectivity index (χ0n) is 32.3. The average Bonchev–Trinajstić information content (AvgIpc) is 3.78. The van der Waals surface area contributed by atoms with Gasteiger partial charge in [0.25, 0.3) is 0 Å². The van der Waals surface area contributed by atoms with Crippen LogP contribution in [-0.4, -0.2) is 23.0 Å². The van der Waals surface area contributed by atoms with Gasteiger partial charge in [0.1, 0.15) is 0 Å². The largest absolute Gasteiger partial charge is 0.314 e. The maximum Gasteiger partial charge on any atom is 0.0526 e. The minimum Gasteiger partial charge on any atom is -0.314 e. The summed E-state index contributed by atoms with van der Waals surface area (Å²) in [7, 11) is 0. The van der Waals surface area contributed by atoms with Crippen molar-refractivity contribution in [1.82, 2.24) is 4.90 Å². The van der Waals surface area contributed by atoms with E-state index in [1.54, 1.807) is 0 Å². The molecule has 0 saturated carbocycles. The molecule has 0 spiro atoms. The zero-order valence-corrected chi connectivity index (χ0v) is 32.3. The minimum atomic E-state index is -0.323. The summed E-state index contributed by atoms with van der Waals surface area (Å²) in [5.41, 5.74) is 11.5. The van der Waals surface area contributed by atoms with Gasteiger partial charge in [-0.1, -0.05) is 182 Å². The molecule has 0 aromatic heterocycles. The Hall–Kier alpha value is -5.96. The van der Waals surface area contributed by atoms with Gasteiger partial charge in [-0.25, -0.2) is 0 Å². The van der Waals surface area contributed by atoms with E-state index in [2.05, 4.69) is 222 Å². The third-order valence-corrected chi connectivity index (χ3v) is 13.8. The Morgan fingerprint density at radius 2 is 1.32 bits per heavy atom. The fraction of sp³-hybridized carbons (Fsp3) is 0.200. The van der Waals surface area contributed by atoms with E-state index in [1.165, 1.54) is 50.5 Å². The van der Waals surface area contributed by atoms with E-state index in [0.29, 0.717) is 35.9 Å². The van der Waals surface area contributed by atoms with E-state index >= 15 is 0 Å². The smallest absolute Gasteiger partial charge is 0.0526 e. The van der Waals surface area contributed by atoms with Crippen LogP contribution in [0.5, 0.6) is 0 Å². The summed E-state index contributed by atoms with van der Waals surface area (Å²) in [5.74, 6) is 1.50. The second kappa shape index (κ2) is 14.2. The zero-order chi connectivity index (χ0) is 37.8. The van der Waals surface area contributed by atoms with Crippen LogP contribution >= 0.6 is 0 Å². The number of hydrogen-bond acceptors (Lipinski definition) is 2. The van der Waals surface area contributed by atoms with Crippen LogP contribution in [0.25, 0.3) is 5.57 Å². The number of benzene rings is 4. The minimum absolute atomic E-state index is 0.275. The Morgan fingerprint density at radius 3 is 2.07 bits per heavy atom. The monoisotopic (exact) mass is 736 g/mol. The van der Waals surface area contributed by atoms with Crippen LogP contribution in [0, 0.1) is 17.8 Å². The van der Waals surface area contributed by atoms with Crippen LogP contribution in [-0.2, 0) is 5.41 Å². The molecule has 1 saturated heterocycles. The Labute approximate surface area is 337 Å². The number of hydrogen-bond donors (Lipinski definition) is 0. The Morgan fingerprint density at radius 1 is 0.596 bits per heavy atom. The topological polar surface area (TPSA) is 6.48 Å². The molecule has 0 amide bonds. The Kier molecular flexibility index (Phi) is 8.55. The molecule has 2 heteroatoms. The number of nitrogens with zero attached hydrogens (tertiary/aromatic N) is 2. The van der Waals surface area contributed by atoms with Crippen LogP contribution in [0.4, 0.5) is 11.4 Å². The van der Waals surface area contributed by atoms with E-state index in [-0.39, 0.29) is 11.3 Å². The lowest BCUT2D eigenvalue weighted by Crippen LogP contribution is -2.44. The maximum absolute atomic E-state index is 2.76. The molecule has 2 nitrogen and oxygen atoms in total. The van der Waals surface area contributed by atoms with Gasteiger partial charge in [-0.2, -0.15) is 0 Å². The van der Waals surface area contributed by atoms with E-state index < -0.39 is 0 Å². The van der Waals surface area contributed by atoms with Crippen LogP contribution in [0.3, 0.4) is 0 Å². The van der Waals surface area contributed by atoms with Crippen molar-refractivity contribution < 1.29 is 0 Å². The van der Waals surface area contributed by atoms with Gasteiger partial charge in [-0.05, 0) is 83.0 Å². The van der Waals surface area contributed by atoms with Gasteiger partial charge >= 0.3 is 0 Å². The van der Waals surface area contributed by atoms with Crippen LogP contribution in [0.15, 0.2) is 218 Å². The average molecular weight is 737 g/mol. The summed E-state index contributed by atoms with van der Waals surface area (Å²) >= 11 is 0. The van der Waals surface area contributed by atoms with Crippen molar-refractivity contribution in [2.45, 2.75) is 48.7 Å². The molecule has 0 radical (unpaired) electrons. The molecule has 7 atom stereocenters. The Balaban J connectivity index is 0.986. The van der Waals surface area contributed by atoms with Crippen LogP contribution in [0.1, 0.15) is 53.0 Å². The summed E-state index contributed by atoms with van der Waals surface area (Å²) in [5, 5.41) is 0. The lowest BCUT2D eigenvalue weighted by Gasteiger charge is -2.39. The number of anilines is 2. The van der Waals surface area contributed by atoms with Crippen molar-refractivity contribution in [3.05, 3.63) is 246 Å². The SMILES string of the molecule is C1=CCCC(N(c2ccc(C3=CC4C5C=CC=CC5N(C5C=CC=CC5)C4C=C3)cc2)c2ccc3c(c2)C(c2ccccc2)(c2ccccc2)C2C=CC=CC32)=C1. The summed E-state index contributed by atoms with van der Waals surface area (Å²) in [6, 6.07) is 40.5. The molecule has 57 heavy (non-hydrogen) atoms. The van der Waals surface area contributed by atoms with Crippen molar-refractivity contribution in [2.75, 3.05) is 4.90 Å². The van der Waals surface area contributed by atoms with Gasteiger partial charge in [-0.15, -0.1) is 0 Å². The highest BCUT2D eigenvalue weighted by atomic mass is 15.2. The molecular weight excluding hydrogens is 689 g/mol. The third-order valence-electron chi connectivity index (χ3n) is 13.8. The van der Waals surface area contributed by atoms with Gasteiger partial charge in [-0.3, -0.25) is 4.90 Å². The van der Waals surface area contributed by atoms with Crippen molar-refractivity contribution in [3.8, 4) is 0 Å².